The van der Waals surface area contributed by atoms with Gasteiger partial charge in [0, 0.05) is 12.0 Å². The normalized spacial score (nSPS) is 13.9. The van der Waals surface area contributed by atoms with Crippen LogP contribution in [0.15, 0.2) is 22.4 Å². The van der Waals surface area contributed by atoms with Crippen molar-refractivity contribution in [1.82, 2.24) is 0 Å². The second-order valence-electron chi connectivity index (χ2n) is 6.39. The first-order valence-electron chi connectivity index (χ1n) is 7.33. The third-order valence-corrected chi connectivity index (χ3v) is 2.56. The Morgan fingerprint density at radius 1 is 1.13 bits per heavy atom. The van der Waals surface area contributed by atoms with Gasteiger partial charge in [-0.2, -0.15) is 15.5 Å². The van der Waals surface area contributed by atoms with Crippen molar-refractivity contribution >= 4 is 11.9 Å². The van der Waals surface area contributed by atoms with Crippen LogP contribution in [0.2, 0.25) is 0 Å². The number of nitrogens with zero attached hydrogens (tertiary/aromatic N) is 3. The predicted octanol–water partition coefficient (Wildman–Crippen LogP) is 2.96. The second kappa shape index (κ2) is 9.03. The van der Waals surface area contributed by atoms with Gasteiger partial charge in [0.05, 0.1) is 11.6 Å². The van der Waals surface area contributed by atoms with Gasteiger partial charge in [-0.1, -0.05) is 6.58 Å². The van der Waals surface area contributed by atoms with Gasteiger partial charge in [0.25, 0.3) is 0 Å². The van der Waals surface area contributed by atoms with E-state index in [1.165, 1.54) is 6.92 Å². The van der Waals surface area contributed by atoms with Gasteiger partial charge in [-0.3, -0.25) is 4.79 Å². The maximum Gasteiger partial charge on any atom is 0.333 e. The topological polar surface area (TPSA) is 101 Å². The Kier molecular flexibility index (Phi) is 8.16. The number of carbonyl (C=O) groups is 2. The summed E-state index contributed by atoms with van der Waals surface area (Å²) in [6, 6.07) is 2.05. The molecule has 7 heteroatoms. The molecule has 0 saturated heterocycles. The monoisotopic (exact) mass is 323 g/mol. The number of esters is 2. The molecule has 0 saturated carbocycles. The summed E-state index contributed by atoms with van der Waals surface area (Å²) in [7, 11) is 0. The molecule has 0 aromatic carbocycles. The summed E-state index contributed by atoms with van der Waals surface area (Å²) in [4.78, 5) is 22.7. The Morgan fingerprint density at radius 3 is 2.17 bits per heavy atom. The van der Waals surface area contributed by atoms with E-state index in [-0.39, 0.29) is 37.2 Å². The van der Waals surface area contributed by atoms with Crippen molar-refractivity contribution in [3.8, 4) is 6.07 Å². The zero-order valence-electron chi connectivity index (χ0n) is 14.5. The van der Waals surface area contributed by atoms with Crippen LogP contribution in [-0.4, -0.2) is 36.2 Å². The quantitative estimate of drug-likeness (QED) is 0.296. The van der Waals surface area contributed by atoms with Crippen molar-refractivity contribution in [2.45, 2.75) is 58.5 Å². The molecular formula is C16H25N3O4. The molecule has 0 aliphatic carbocycles. The molecule has 0 aliphatic heterocycles. The highest BCUT2D eigenvalue weighted by molar-refractivity contribution is 5.86. The summed E-state index contributed by atoms with van der Waals surface area (Å²) in [5.74, 6) is -1.01. The van der Waals surface area contributed by atoms with Gasteiger partial charge in [0.2, 0.25) is 0 Å². The third-order valence-electron chi connectivity index (χ3n) is 2.56. The molecule has 0 amide bonds. The predicted molar refractivity (Wildman–Crippen MR) is 84.6 cm³/mol. The van der Waals surface area contributed by atoms with Gasteiger partial charge in [0.1, 0.15) is 13.2 Å². The van der Waals surface area contributed by atoms with E-state index < -0.39 is 17.5 Å². The minimum absolute atomic E-state index is 0.0294. The van der Waals surface area contributed by atoms with E-state index in [9.17, 15) is 14.9 Å². The van der Waals surface area contributed by atoms with Crippen LogP contribution in [0.3, 0.4) is 0 Å². The summed E-state index contributed by atoms with van der Waals surface area (Å²) in [6.07, 6.45) is 0.231. The Morgan fingerprint density at radius 2 is 1.70 bits per heavy atom. The molecule has 23 heavy (non-hydrogen) atoms. The summed E-state index contributed by atoms with van der Waals surface area (Å²) >= 11 is 0. The molecule has 0 N–H and O–H groups in total. The maximum absolute atomic E-state index is 11.6. The molecule has 0 spiro atoms. The lowest BCUT2D eigenvalue weighted by molar-refractivity contribution is -0.150. The number of hydrogen-bond donors (Lipinski definition) is 0. The lowest BCUT2D eigenvalue weighted by Crippen LogP contribution is -2.23. The van der Waals surface area contributed by atoms with Crippen LogP contribution in [0.1, 0.15) is 47.5 Å². The standard InChI is InChI=1S/C16H25N3O4/c1-12(2)14(21)23-10-9-22-13(20)7-8-16(6,11-17)19-18-15(3,4)5/h1,7-10H2,2-6H3. The Balaban J connectivity index is 4.21. The maximum atomic E-state index is 11.6. The molecule has 0 aliphatic rings. The van der Waals surface area contributed by atoms with E-state index in [4.69, 9.17) is 9.47 Å². The molecule has 1 unspecified atom stereocenters. The first-order chi connectivity index (χ1) is 10.5. The SMILES string of the molecule is C=C(C)C(=O)OCCOC(=O)CCC(C)(C#N)N=NC(C)(C)C. The molecule has 0 fully saturated rings. The van der Waals surface area contributed by atoms with Crippen molar-refractivity contribution in [1.29, 1.82) is 5.26 Å². The fraction of sp³-hybridized carbons (Fsp3) is 0.688. The lowest BCUT2D eigenvalue weighted by atomic mass is 9.99. The van der Waals surface area contributed by atoms with Gasteiger partial charge in [-0.05, 0) is 41.0 Å². The van der Waals surface area contributed by atoms with Crippen LogP contribution in [-0.2, 0) is 19.1 Å². The largest absolute Gasteiger partial charge is 0.462 e. The van der Waals surface area contributed by atoms with Crippen LogP contribution in [0, 0.1) is 11.3 Å². The molecule has 128 valence electrons. The summed E-state index contributed by atoms with van der Waals surface area (Å²) in [5.41, 5.74) is -1.17. The van der Waals surface area contributed by atoms with Crippen LogP contribution in [0.25, 0.3) is 0 Å². The highest BCUT2D eigenvalue weighted by atomic mass is 16.6. The molecule has 7 nitrogen and oxygen atoms in total. The lowest BCUT2D eigenvalue weighted by Gasteiger charge is -2.17. The fourth-order valence-electron chi connectivity index (χ4n) is 1.22. The van der Waals surface area contributed by atoms with Crippen LogP contribution >= 0.6 is 0 Å². The minimum atomic E-state index is -1.07. The van der Waals surface area contributed by atoms with E-state index in [2.05, 4.69) is 22.9 Å². The smallest absolute Gasteiger partial charge is 0.333 e. The van der Waals surface area contributed by atoms with Gasteiger partial charge >= 0.3 is 11.9 Å². The number of azo groups is 1. The summed E-state index contributed by atoms with van der Waals surface area (Å²) < 4.78 is 9.72. The Hall–Kier alpha value is -2.23. The average molecular weight is 323 g/mol. The summed E-state index contributed by atoms with van der Waals surface area (Å²) in [6.45, 7) is 12.1. The highest BCUT2D eigenvalue weighted by Gasteiger charge is 2.26. The number of ether oxygens (including phenoxy) is 2. The van der Waals surface area contributed by atoms with Crippen molar-refractivity contribution < 1.29 is 19.1 Å². The summed E-state index contributed by atoms with van der Waals surface area (Å²) in [5, 5.41) is 17.3. The van der Waals surface area contributed by atoms with Crippen LogP contribution in [0.4, 0.5) is 0 Å². The molecule has 0 radical (unpaired) electrons. The van der Waals surface area contributed by atoms with E-state index in [1.54, 1.807) is 6.92 Å². The average Bonchev–Trinajstić information content (AvgIpc) is 2.46. The highest BCUT2D eigenvalue weighted by Crippen LogP contribution is 2.20. The van der Waals surface area contributed by atoms with Crippen molar-refractivity contribution in [2.75, 3.05) is 13.2 Å². The van der Waals surface area contributed by atoms with Gasteiger partial charge in [-0.15, -0.1) is 0 Å². The fourth-order valence-corrected chi connectivity index (χ4v) is 1.22. The first-order valence-corrected chi connectivity index (χ1v) is 7.33. The Labute approximate surface area is 137 Å². The molecule has 1 atom stereocenters. The third kappa shape index (κ3) is 10.2. The number of nitriles is 1. The molecule has 0 aromatic heterocycles. The minimum Gasteiger partial charge on any atom is -0.462 e. The number of rotatable bonds is 8. The van der Waals surface area contributed by atoms with Crippen molar-refractivity contribution in [3.05, 3.63) is 12.2 Å². The van der Waals surface area contributed by atoms with Gasteiger partial charge < -0.3 is 9.47 Å². The number of carbonyl (C=O) groups excluding carboxylic acids is 2. The van der Waals surface area contributed by atoms with E-state index in [0.29, 0.717) is 0 Å². The molecule has 0 rings (SSSR count). The van der Waals surface area contributed by atoms with E-state index in [1.807, 2.05) is 20.8 Å². The molecule has 0 aromatic rings. The molecular weight excluding hydrogens is 298 g/mol. The van der Waals surface area contributed by atoms with Gasteiger partial charge in [0.15, 0.2) is 5.54 Å². The van der Waals surface area contributed by atoms with Crippen LogP contribution < -0.4 is 0 Å². The van der Waals surface area contributed by atoms with Crippen LogP contribution in [0.5, 0.6) is 0 Å². The number of hydrogen-bond acceptors (Lipinski definition) is 7. The second-order valence-corrected chi connectivity index (χ2v) is 6.39. The van der Waals surface area contributed by atoms with Crippen molar-refractivity contribution in [3.63, 3.8) is 0 Å². The van der Waals surface area contributed by atoms with Gasteiger partial charge in [-0.25, -0.2) is 4.79 Å². The first kappa shape index (κ1) is 20.8. The zero-order chi connectivity index (χ0) is 18.1. The zero-order valence-corrected chi connectivity index (χ0v) is 14.5. The van der Waals surface area contributed by atoms with E-state index >= 15 is 0 Å². The van der Waals surface area contributed by atoms with E-state index in [0.717, 1.165) is 0 Å². The molecule has 0 heterocycles. The molecule has 0 bridgehead atoms. The van der Waals surface area contributed by atoms with Crippen molar-refractivity contribution in [2.24, 2.45) is 10.2 Å². The Bertz CT molecular complexity index is 514.